The molecule has 0 amide bonds. The molecule has 1 N–H and O–H groups in total. The van der Waals surface area contributed by atoms with Crippen molar-refractivity contribution in [3.8, 4) is 0 Å². The Morgan fingerprint density at radius 3 is 2.24 bits per heavy atom. The van der Waals surface area contributed by atoms with E-state index in [0.717, 1.165) is 13.0 Å². The van der Waals surface area contributed by atoms with Crippen LogP contribution in [0.25, 0.3) is 0 Å². The van der Waals surface area contributed by atoms with Gasteiger partial charge in [-0.15, -0.1) is 0 Å². The van der Waals surface area contributed by atoms with Crippen molar-refractivity contribution in [2.45, 2.75) is 43.7 Å². The number of nitrogens with one attached hydrogen (secondary N) is 1. The molecule has 2 aromatic carbocycles. The third-order valence-corrected chi connectivity index (χ3v) is 6.92. The molecule has 25 heavy (non-hydrogen) atoms. The molecular formula is C20H26N2O2S. The molecule has 2 aromatic rings. The second-order valence-electron chi connectivity index (χ2n) is 6.47. The molecule has 1 aliphatic carbocycles. The van der Waals surface area contributed by atoms with E-state index in [1.54, 1.807) is 12.1 Å². The summed E-state index contributed by atoms with van der Waals surface area (Å²) < 4.78 is 26.5. The van der Waals surface area contributed by atoms with Gasteiger partial charge in [-0.2, -0.15) is 4.31 Å². The van der Waals surface area contributed by atoms with Crippen molar-refractivity contribution in [1.82, 2.24) is 9.62 Å². The van der Waals surface area contributed by atoms with Gasteiger partial charge in [-0.25, -0.2) is 8.42 Å². The summed E-state index contributed by atoms with van der Waals surface area (Å²) in [7, 11) is -3.37. The molecule has 0 aromatic heterocycles. The van der Waals surface area contributed by atoms with Crippen molar-refractivity contribution in [2.75, 3.05) is 13.1 Å². The monoisotopic (exact) mass is 358 g/mol. The minimum Gasteiger partial charge on any atom is -0.309 e. The van der Waals surface area contributed by atoms with E-state index in [2.05, 4.69) is 29.6 Å². The molecule has 0 unspecified atom stereocenters. The van der Waals surface area contributed by atoms with E-state index in [1.165, 1.54) is 15.4 Å². The lowest BCUT2D eigenvalue weighted by molar-refractivity contribution is 0.445. The Morgan fingerprint density at radius 1 is 1.00 bits per heavy atom. The number of sulfonamides is 1. The molecule has 1 saturated carbocycles. The number of hydrogen-bond acceptors (Lipinski definition) is 3. The van der Waals surface area contributed by atoms with E-state index >= 15 is 0 Å². The Kier molecular flexibility index (Phi) is 5.57. The lowest BCUT2D eigenvalue weighted by Crippen LogP contribution is -2.30. The highest BCUT2D eigenvalue weighted by molar-refractivity contribution is 7.89. The number of benzene rings is 2. The smallest absolute Gasteiger partial charge is 0.243 e. The van der Waals surface area contributed by atoms with Crippen molar-refractivity contribution in [3.63, 3.8) is 0 Å². The van der Waals surface area contributed by atoms with E-state index < -0.39 is 10.0 Å². The SMILES string of the molecule is CCN(CC)S(=O)(=O)c1ccc([C@H]2C[C@@H]2NCc2ccccc2)cc1. The van der Waals surface area contributed by atoms with Crippen LogP contribution in [0.2, 0.25) is 0 Å². The van der Waals surface area contributed by atoms with Crippen LogP contribution >= 0.6 is 0 Å². The lowest BCUT2D eigenvalue weighted by atomic mass is 10.1. The van der Waals surface area contributed by atoms with E-state index in [-0.39, 0.29) is 0 Å². The standard InChI is InChI=1S/C20H26N2O2S/c1-3-22(4-2)25(23,24)18-12-10-17(11-13-18)19-14-20(19)21-15-16-8-6-5-7-9-16/h5-13,19-21H,3-4,14-15H2,1-2H3/t19-,20+/m1/s1. The van der Waals surface area contributed by atoms with Crippen molar-refractivity contribution < 1.29 is 8.42 Å². The summed E-state index contributed by atoms with van der Waals surface area (Å²) in [5.74, 6) is 0.480. The Labute approximate surface area is 150 Å². The van der Waals surface area contributed by atoms with Gasteiger partial charge < -0.3 is 5.32 Å². The molecule has 0 radical (unpaired) electrons. The molecule has 3 rings (SSSR count). The van der Waals surface area contributed by atoms with Gasteiger partial charge >= 0.3 is 0 Å². The number of hydrogen-bond donors (Lipinski definition) is 1. The van der Waals surface area contributed by atoms with Gasteiger partial charge in [-0.05, 0) is 29.7 Å². The topological polar surface area (TPSA) is 49.4 Å². The van der Waals surface area contributed by atoms with E-state index in [9.17, 15) is 8.42 Å². The second kappa shape index (κ2) is 7.68. The maximum Gasteiger partial charge on any atom is 0.243 e. The zero-order chi connectivity index (χ0) is 17.9. The minimum atomic E-state index is -3.37. The first kappa shape index (κ1) is 18.1. The summed E-state index contributed by atoms with van der Waals surface area (Å²) >= 11 is 0. The van der Waals surface area contributed by atoms with Crippen LogP contribution in [0.3, 0.4) is 0 Å². The first-order valence-electron chi connectivity index (χ1n) is 8.93. The van der Waals surface area contributed by atoms with Gasteiger partial charge in [0.15, 0.2) is 0 Å². The van der Waals surface area contributed by atoms with Crippen LogP contribution in [-0.2, 0) is 16.6 Å². The highest BCUT2D eigenvalue weighted by Crippen LogP contribution is 2.41. The predicted molar refractivity (Wildman–Crippen MR) is 101 cm³/mol. The van der Waals surface area contributed by atoms with Gasteiger partial charge in [0.05, 0.1) is 4.90 Å². The highest BCUT2D eigenvalue weighted by Gasteiger charge is 2.37. The fourth-order valence-corrected chi connectivity index (χ4v) is 4.69. The maximum atomic E-state index is 12.5. The lowest BCUT2D eigenvalue weighted by Gasteiger charge is -2.18. The molecule has 0 heterocycles. The molecule has 4 nitrogen and oxygen atoms in total. The van der Waals surface area contributed by atoms with E-state index in [0.29, 0.717) is 29.9 Å². The van der Waals surface area contributed by atoms with Gasteiger partial charge in [0.25, 0.3) is 0 Å². The summed E-state index contributed by atoms with van der Waals surface area (Å²) in [6.45, 7) is 5.59. The van der Waals surface area contributed by atoms with Crippen molar-refractivity contribution in [1.29, 1.82) is 0 Å². The Balaban J connectivity index is 1.60. The van der Waals surface area contributed by atoms with E-state index in [1.807, 2.05) is 32.0 Å². The van der Waals surface area contributed by atoms with Crippen molar-refractivity contribution in [3.05, 3.63) is 65.7 Å². The minimum absolute atomic E-state index is 0.384. The fourth-order valence-electron chi connectivity index (χ4n) is 3.23. The average molecular weight is 359 g/mol. The Hall–Kier alpha value is -1.69. The molecule has 1 fully saturated rings. The Bertz CT molecular complexity index is 784. The highest BCUT2D eigenvalue weighted by atomic mass is 32.2. The van der Waals surface area contributed by atoms with Gasteiger partial charge in [0.1, 0.15) is 0 Å². The van der Waals surface area contributed by atoms with Crippen LogP contribution in [0.4, 0.5) is 0 Å². The molecule has 2 atom stereocenters. The van der Waals surface area contributed by atoms with Gasteiger partial charge in [0, 0.05) is 31.6 Å². The summed E-state index contributed by atoms with van der Waals surface area (Å²) in [5, 5.41) is 3.58. The van der Waals surface area contributed by atoms with Crippen LogP contribution in [0.5, 0.6) is 0 Å². The van der Waals surface area contributed by atoms with Crippen LogP contribution in [-0.4, -0.2) is 31.9 Å². The fraction of sp³-hybridized carbons (Fsp3) is 0.400. The zero-order valence-electron chi connectivity index (χ0n) is 14.9. The van der Waals surface area contributed by atoms with Crippen LogP contribution in [0.15, 0.2) is 59.5 Å². The van der Waals surface area contributed by atoms with Crippen LogP contribution in [0, 0.1) is 0 Å². The molecule has 5 heteroatoms. The molecular weight excluding hydrogens is 332 g/mol. The van der Waals surface area contributed by atoms with E-state index in [4.69, 9.17) is 0 Å². The second-order valence-corrected chi connectivity index (χ2v) is 8.41. The predicted octanol–water partition coefficient (Wildman–Crippen LogP) is 3.36. The van der Waals surface area contributed by atoms with Crippen molar-refractivity contribution >= 4 is 10.0 Å². The van der Waals surface area contributed by atoms with Gasteiger partial charge in [-0.1, -0.05) is 56.3 Å². The van der Waals surface area contributed by atoms with Crippen LogP contribution < -0.4 is 5.32 Å². The third-order valence-electron chi connectivity index (χ3n) is 4.85. The summed E-state index contributed by atoms with van der Waals surface area (Å²) in [4.78, 5) is 0.384. The van der Waals surface area contributed by atoms with Crippen molar-refractivity contribution in [2.24, 2.45) is 0 Å². The summed E-state index contributed by atoms with van der Waals surface area (Å²) in [6, 6.07) is 18.3. The zero-order valence-corrected chi connectivity index (χ0v) is 15.7. The summed E-state index contributed by atoms with van der Waals surface area (Å²) in [5.41, 5.74) is 2.50. The summed E-state index contributed by atoms with van der Waals surface area (Å²) in [6.07, 6.45) is 1.11. The maximum absolute atomic E-state index is 12.5. The third kappa shape index (κ3) is 4.11. The normalized spacial score (nSPS) is 20.0. The van der Waals surface area contributed by atoms with Crippen LogP contribution in [0.1, 0.15) is 37.3 Å². The molecule has 0 spiro atoms. The largest absolute Gasteiger partial charge is 0.309 e. The molecule has 0 saturated heterocycles. The van der Waals surface area contributed by atoms with Gasteiger partial charge in [-0.3, -0.25) is 0 Å². The number of nitrogens with zero attached hydrogens (tertiary/aromatic N) is 1. The quantitative estimate of drug-likeness (QED) is 0.787. The molecule has 0 bridgehead atoms. The molecule has 134 valence electrons. The average Bonchev–Trinajstić information content (AvgIpc) is 3.41. The first-order valence-corrected chi connectivity index (χ1v) is 10.4. The first-order chi connectivity index (χ1) is 12.1. The molecule has 1 aliphatic rings. The van der Waals surface area contributed by atoms with Gasteiger partial charge in [0.2, 0.25) is 10.0 Å². The Morgan fingerprint density at radius 2 is 1.64 bits per heavy atom. The number of rotatable bonds is 8. The molecule has 0 aliphatic heterocycles.